The van der Waals surface area contributed by atoms with Crippen LogP contribution in [0.5, 0.6) is 5.75 Å². The molecule has 1 amide bonds. The SMILES string of the molecule is CC#CC(C)Oc1ccc(S(=O)(=O)N2CC(C)OC(C)(C)C2C(=O)NO)cc1. The molecule has 1 heterocycles. The summed E-state index contributed by atoms with van der Waals surface area (Å²) >= 11 is 0. The second-order valence-corrected chi connectivity index (χ2v) is 9.00. The first-order chi connectivity index (χ1) is 13.0. The third kappa shape index (κ3) is 4.64. The molecule has 0 aliphatic carbocycles. The lowest BCUT2D eigenvalue weighted by Gasteiger charge is -2.46. The Morgan fingerprint density at radius 2 is 2.00 bits per heavy atom. The van der Waals surface area contributed by atoms with Crippen molar-refractivity contribution in [2.24, 2.45) is 0 Å². The minimum absolute atomic E-state index is 0.00900. The summed E-state index contributed by atoms with van der Waals surface area (Å²) in [6.07, 6.45) is -0.755. The summed E-state index contributed by atoms with van der Waals surface area (Å²) in [6.45, 7) is 8.42. The van der Waals surface area contributed by atoms with Crippen LogP contribution in [0.25, 0.3) is 0 Å². The molecular formula is C19H26N2O6S. The minimum Gasteiger partial charge on any atom is -0.478 e. The van der Waals surface area contributed by atoms with Crippen LogP contribution in [0.3, 0.4) is 0 Å². The monoisotopic (exact) mass is 410 g/mol. The fraction of sp³-hybridized carbons (Fsp3) is 0.526. The Balaban J connectivity index is 2.37. The lowest BCUT2D eigenvalue weighted by Crippen LogP contribution is -2.65. The van der Waals surface area contributed by atoms with Gasteiger partial charge in [-0.25, -0.2) is 13.9 Å². The normalized spacial score (nSPS) is 23.2. The summed E-state index contributed by atoms with van der Waals surface area (Å²) in [5.74, 6) is 5.23. The van der Waals surface area contributed by atoms with Crippen molar-refractivity contribution in [3.63, 3.8) is 0 Å². The highest BCUT2D eigenvalue weighted by Crippen LogP contribution is 2.33. The van der Waals surface area contributed by atoms with E-state index in [1.165, 1.54) is 24.3 Å². The first-order valence-corrected chi connectivity index (χ1v) is 10.3. The van der Waals surface area contributed by atoms with Crippen LogP contribution in [0.1, 0.15) is 34.6 Å². The smallest absolute Gasteiger partial charge is 0.264 e. The maximum Gasteiger partial charge on any atom is 0.264 e. The molecule has 154 valence electrons. The van der Waals surface area contributed by atoms with Gasteiger partial charge in [0.2, 0.25) is 10.0 Å². The van der Waals surface area contributed by atoms with Gasteiger partial charge in [-0.1, -0.05) is 5.92 Å². The van der Waals surface area contributed by atoms with Gasteiger partial charge in [-0.15, -0.1) is 5.92 Å². The number of carbonyl (C=O) groups excluding carboxylic acids is 1. The van der Waals surface area contributed by atoms with Crippen LogP contribution in [0.4, 0.5) is 0 Å². The number of rotatable bonds is 5. The molecule has 9 heteroatoms. The zero-order chi connectivity index (χ0) is 21.1. The van der Waals surface area contributed by atoms with Crippen molar-refractivity contribution >= 4 is 15.9 Å². The summed E-state index contributed by atoms with van der Waals surface area (Å²) in [4.78, 5) is 12.2. The summed E-state index contributed by atoms with van der Waals surface area (Å²) in [7, 11) is -4.03. The zero-order valence-corrected chi connectivity index (χ0v) is 17.4. The molecule has 0 bridgehead atoms. The number of morpholine rings is 1. The summed E-state index contributed by atoms with van der Waals surface area (Å²) in [5.41, 5.74) is 0.413. The van der Waals surface area contributed by atoms with Gasteiger partial charge in [-0.05, 0) is 58.9 Å². The van der Waals surface area contributed by atoms with E-state index in [1.807, 2.05) is 0 Å². The number of sulfonamides is 1. The summed E-state index contributed by atoms with van der Waals surface area (Å²) in [5, 5.41) is 9.10. The first kappa shape index (κ1) is 22.2. The van der Waals surface area contributed by atoms with Crippen LogP contribution in [-0.4, -0.2) is 54.2 Å². The van der Waals surface area contributed by atoms with E-state index in [1.54, 1.807) is 40.1 Å². The lowest BCUT2D eigenvalue weighted by atomic mass is 9.95. The molecule has 0 aromatic heterocycles. The number of hydrogen-bond acceptors (Lipinski definition) is 6. The van der Waals surface area contributed by atoms with Crippen LogP contribution < -0.4 is 10.2 Å². The fourth-order valence-electron chi connectivity index (χ4n) is 3.33. The number of benzene rings is 1. The Bertz CT molecular complexity index is 870. The quantitative estimate of drug-likeness (QED) is 0.433. The molecule has 2 rings (SSSR count). The maximum atomic E-state index is 13.2. The predicted molar refractivity (Wildman–Crippen MR) is 102 cm³/mol. The van der Waals surface area contributed by atoms with Gasteiger partial charge in [0.1, 0.15) is 11.8 Å². The number of nitrogens with zero attached hydrogens (tertiary/aromatic N) is 1. The number of hydroxylamine groups is 1. The summed E-state index contributed by atoms with van der Waals surface area (Å²) in [6, 6.07) is 4.68. The highest BCUT2D eigenvalue weighted by atomic mass is 32.2. The number of hydrogen-bond donors (Lipinski definition) is 2. The van der Waals surface area contributed by atoms with Gasteiger partial charge in [0.05, 0.1) is 16.6 Å². The standard InChI is InChI=1S/C19H26N2O6S/c1-6-7-13(2)26-15-8-10-16(11-9-15)28(24,25)21-12-14(3)27-19(4,5)17(21)18(22)20-23/h8-11,13-14,17,23H,12H2,1-5H3,(H,20,22). The molecular weight excluding hydrogens is 384 g/mol. The molecule has 0 radical (unpaired) electrons. The molecule has 0 saturated carbocycles. The van der Waals surface area contributed by atoms with E-state index in [0.29, 0.717) is 5.75 Å². The minimum atomic E-state index is -4.03. The van der Waals surface area contributed by atoms with Crippen molar-refractivity contribution in [1.29, 1.82) is 0 Å². The van der Waals surface area contributed by atoms with Crippen molar-refractivity contribution in [2.75, 3.05) is 6.54 Å². The Morgan fingerprint density at radius 1 is 1.39 bits per heavy atom. The average Bonchev–Trinajstić information content (AvgIpc) is 2.60. The molecule has 1 fully saturated rings. The van der Waals surface area contributed by atoms with Gasteiger partial charge in [0.25, 0.3) is 5.91 Å². The third-order valence-corrected chi connectivity index (χ3v) is 6.18. The summed E-state index contributed by atoms with van der Waals surface area (Å²) < 4.78 is 38.9. The van der Waals surface area contributed by atoms with E-state index in [4.69, 9.17) is 14.7 Å². The van der Waals surface area contributed by atoms with E-state index in [2.05, 4.69) is 11.8 Å². The average molecular weight is 410 g/mol. The second-order valence-electron chi connectivity index (χ2n) is 7.11. The Kier molecular flexibility index (Phi) is 6.72. The molecule has 8 nitrogen and oxygen atoms in total. The number of ether oxygens (including phenoxy) is 2. The van der Waals surface area contributed by atoms with E-state index >= 15 is 0 Å². The molecule has 28 heavy (non-hydrogen) atoms. The molecule has 0 spiro atoms. The van der Waals surface area contributed by atoms with Crippen molar-refractivity contribution in [1.82, 2.24) is 9.79 Å². The molecule has 3 unspecified atom stereocenters. The third-order valence-electron chi connectivity index (χ3n) is 4.34. The van der Waals surface area contributed by atoms with Crippen molar-refractivity contribution < 1.29 is 27.9 Å². The van der Waals surface area contributed by atoms with Crippen LogP contribution in [0.15, 0.2) is 29.2 Å². The fourth-order valence-corrected chi connectivity index (χ4v) is 5.12. The van der Waals surface area contributed by atoms with Crippen LogP contribution in [-0.2, 0) is 19.6 Å². The Hall–Kier alpha value is -2.12. The topological polar surface area (TPSA) is 105 Å². The molecule has 1 aliphatic rings. The predicted octanol–water partition coefficient (Wildman–Crippen LogP) is 1.54. The molecule has 1 saturated heterocycles. The highest BCUT2D eigenvalue weighted by molar-refractivity contribution is 7.89. The highest BCUT2D eigenvalue weighted by Gasteiger charge is 2.50. The van der Waals surface area contributed by atoms with Crippen molar-refractivity contribution in [2.45, 2.75) is 63.4 Å². The van der Waals surface area contributed by atoms with E-state index in [-0.39, 0.29) is 17.5 Å². The number of nitrogens with one attached hydrogen (secondary N) is 1. The van der Waals surface area contributed by atoms with Gasteiger partial charge in [-0.3, -0.25) is 10.0 Å². The molecule has 1 aromatic carbocycles. The van der Waals surface area contributed by atoms with E-state index in [0.717, 1.165) is 4.31 Å². The van der Waals surface area contributed by atoms with Crippen molar-refractivity contribution in [3.8, 4) is 17.6 Å². The largest absolute Gasteiger partial charge is 0.478 e. The van der Waals surface area contributed by atoms with Gasteiger partial charge in [0.15, 0.2) is 6.10 Å². The van der Waals surface area contributed by atoms with Gasteiger partial charge in [-0.2, -0.15) is 4.31 Å². The molecule has 2 N–H and O–H groups in total. The lowest BCUT2D eigenvalue weighted by molar-refractivity contribution is -0.167. The van der Waals surface area contributed by atoms with Gasteiger partial charge >= 0.3 is 0 Å². The number of amides is 1. The van der Waals surface area contributed by atoms with Crippen molar-refractivity contribution in [3.05, 3.63) is 24.3 Å². The molecule has 1 aromatic rings. The van der Waals surface area contributed by atoms with E-state index in [9.17, 15) is 13.2 Å². The van der Waals surface area contributed by atoms with Crippen LogP contribution in [0.2, 0.25) is 0 Å². The van der Waals surface area contributed by atoms with E-state index < -0.39 is 33.7 Å². The number of carbonyl (C=O) groups is 1. The van der Waals surface area contributed by atoms with Crippen LogP contribution in [0, 0.1) is 11.8 Å². The molecule has 1 aliphatic heterocycles. The Labute approximate surface area is 165 Å². The van der Waals surface area contributed by atoms with Gasteiger partial charge in [0, 0.05) is 6.54 Å². The zero-order valence-electron chi connectivity index (χ0n) is 16.6. The first-order valence-electron chi connectivity index (χ1n) is 8.85. The van der Waals surface area contributed by atoms with Crippen LogP contribution >= 0.6 is 0 Å². The second kappa shape index (κ2) is 8.49. The Morgan fingerprint density at radius 3 is 2.54 bits per heavy atom. The van der Waals surface area contributed by atoms with Gasteiger partial charge < -0.3 is 9.47 Å². The molecule has 3 atom stereocenters. The maximum absolute atomic E-state index is 13.2.